The number of carbonyl (C=O) groups excluding carboxylic acids is 2. The van der Waals surface area contributed by atoms with Gasteiger partial charge in [0.15, 0.2) is 5.82 Å². The van der Waals surface area contributed by atoms with Gasteiger partial charge in [0.05, 0.1) is 63.8 Å². The molecule has 43 heavy (non-hydrogen) atoms. The minimum atomic E-state index is -3.01. The monoisotopic (exact) mass is 610 g/mol. The smallest absolute Gasteiger partial charge is 0.276 e. The number of nitrogens with zero attached hydrogens (tertiary/aromatic N) is 6. The second-order valence-electron chi connectivity index (χ2n) is 10.8. The highest BCUT2D eigenvalue weighted by atomic mass is 35.5. The van der Waals surface area contributed by atoms with Gasteiger partial charge in [-0.3, -0.25) is 24.2 Å². The minimum Gasteiger partial charge on any atom is -0.397 e. The number of benzene rings is 1. The number of carbonyl (C=O) groups is 2. The third-order valence-electron chi connectivity index (χ3n) is 8.04. The summed E-state index contributed by atoms with van der Waals surface area (Å²) in [6.07, 6.45) is 3.69. The first kappa shape index (κ1) is 28.6. The van der Waals surface area contributed by atoms with Crippen LogP contribution in [0.25, 0.3) is 11.3 Å². The molecule has 2 fully saturated rings. The molecule has 1 saturated carbocycles. The van der Waals surface area contributed by atoms with Crippen molar-refractivity contribution in [1.29, 1.82) is 0 Å². The van der Waals surface area contributed by atoms with Crippen molar-refractivity contribution in [2.75, 3.05) is 22.5 Å². The highest BCUT2D eigenvalue weighted by Gasteiger charge is 2.52. The first-order valence-electron chi connectivity index (χ1n) is 13.5. The molecule has 3 atom stereocenters. The molecule has 2 aliphatic rings. The summed E-state index contributed by atoms with van der Waals surface area (Å²) in [6, 6.07) is 1.61. The molecule has 3 aromatic heterocycles. The molecular formula is C29H26ClF3N8O2. The number of nitrogens with two attached hydrogens (primary N) is 1. The number of anilines is 3. The van der Waals surface area contributed by atoms with Crippen LogP contribution in [0.5, 0.6) is 0 Å². The lowest BCUT2D eigenvalue weighted by Crippen LogP contribution is -2.29. The summed E-state index contributed by atoms with van der Waals surface area (Å²) in [7, 11) is 0. The number of nitrogens with one attached hydrogen (secondary N) is 1. The van der Waals surface area contributed by atoms with Crippen molar-refractivity contribution >= 4 is 40.5 Å². The molecular weight excluding hydrogens is 585 g/mol. The van der Waals surface area contributed by atoms with E-state index in [1.54, 1.807) is 22.0 Å². The Morgan fingerprint density at radius 3 is 2.65 bits per heavy atom. The molecule has 0 bridgehead atoms. The zero-order valence-corrected chi connectivity index (χ0v) is 24.0. The second kappa shape index (κ2) is 10.6. The first-order valence-corrected chi connectivity index (χ1v) is 13.9. The molecule has 1 saturated heterocycles. The molecule has 1 aliphatic carbocycles. The number of rotatable bonds is 7. The van der Waals surface area contributed by atoms with Crippen molar-refractivity contribution in [2.24, 2.45) is 11.8 Å². The number of hydrogen-bond donors (Lipinski definition) is 2. The average molecular weight is 611 g/mol. The summed E-state index contributed by atoms with van der Waals surface area (Å²) in [4.78, 5) is 40.3. The predicted octanol–water partition coefficient (Wildman–Crippen LogP) is 5.51. The standard InChI is InChI=1S/C29H26ClF3N8O2/c1-12-21(40-10-15-6-18(15)29(40)43)9-36-26(24(12)34)14(3)41-11-16(7-37-41)38-28(42)25-13(2)35-8-20(39-25)22-17(27(32)33)4-5-19(30)23(22)31/h4-5,7-9,11,14-15,18,27H,6,10,34H2,1-3H3,(H,38,42)/t14?,15-,18-/m1/s1. The van der Waals surface area contributed by atoms with Crippen molar-refractivity contribution in [3.63, 3.8) is 0 Å². The van der Waals surface area contributed by atoms with Gasteiger partial charge >= 0.3 is 0 Å². The van der Waals surface area contributed by atoms with Crippen molar-refractivity contribution in [1.82, 2.24) is 24.7 Å². The normalized spacial score (nSPS) is 18.2. The fourth-order valence-electron chi connectivity index (χ4n) is 5.45. The number of aromatic nitrogens is 5. The van der Waals surface area contributed by atoms with Crippen molar-refractivity contribution in [2.45, 2.75) is 39.7 Å². The topological polar surface area (TPSA) is 132 Å². The summed E-state index contributed by atoms with van der Waals surface area (Å²) in [5, 5.41) is 6.63. The van der Waals surface area contributed by atoms with Crippen LogP contribution >= 0.6 is 11.6 Å². The number of hydrogen-bond acceptors (Lipinski definition) is 7. The molecule has 10 nitrogen and oxygen atoms in total. The van der Waals surface area contributed by atoms with Crippen LogP contribution in [0.4, 0.5) is 30.2 Å². The highest BCUT2D eigenvalue weighted by molar-refractivity contribution is 6.31. The molecule has 0 spiro atoms. The highest BCUT2D eigenvalue weighted by Crippen LogP contribution is 2.48. The van der Waals surface area contributed by atoms with Crippen LogP contribution in [0.15, 0.2) is 36.9 Å². The van der Waals surface area contributed by atoms with Crippen molar-refractivity contribution < 1.29 is 22.8 Å². The zero-order valence-electron chi connectivity index (χ0n) is 23.3. The van der Waals surface area contributed by atoms with E-state index in [1.807, 2.05) is 13.8 Å². The molecule has 2 amide bonds. The van der Waals surface area contributed by atoms with E-state index in [1.165, 1.54) is 13.1 Å². The van der Waals surface area contributed by atoms with E-state index in [9.17, 15) is 22.8 Å². The first-order chi connectivity index (χ1) is 20.5. The molecule has 0 radical (unpaired) electrons. The van der Waals surface area contributed by atoms with Crippen LogP contribution in [0.3, 0.4) is 0 Å². The second-order valence-corrected chi connectivity index (χ2v) is 11.2. The van der Waals surface area contributed by atoms with E-state index < -0.39 is 35.3 Å². The molecule has 3 N–H and O–H groups in total. The SMILES string of the molecule is Cc1ncc(-c2c(C(F)F)ccc(Cl)c2F)nc1C(=O)Nc1cnn(C(C)c2ncc(N3C[C@H]4C[C@H]4C3=O)c(C)c2N)c1. The largest absolute Gasteiger partial charge is 0.397 e. The molecule has 1 aromatic carbocycles. The lowest BCUT2D eigenvalue weighted by atomic mass is 10.0. The quantitative estimate of drug-likeness (QED) is 0.282. The number of alkyl halides is 2. The van der Waals surface area contributed by atoms with E-state index >= 15 is 0 Å². The number of amides is 2. The van der Waals surface area contributed by atoms with Gasteiger partial charge in [-0.15, -0.1) is 0 Å². The van der Waals surface area contributed by atoms with Gasteiger partial charge in [-0.1, -0.05) is 17.7 Å². The van der Waals surface area contributed by atoms with Gasteiger partial charge in [0.1, 0.15) is 5.69 Å². The molecule has 14 heteroatoms. The molecule has 6 rings (SSSR count). The summed E-state index contributed by atoms with van der Waals surface area (Å²) < 4.78 is 43.7. The van der Waals surface area contributed by atoms with Crippen LogP contribution in [0.1, 0.15) is 58.8 Å². The van der Waals surface area contributed by atoms with Crippen molar-refractivity contribution in [3.05, 3.63) is 76.0 Å². The van der Waals surface area contributed by atoms with Gasteiger partial charge < -0.3 is 16.0 Å². The van der Waals surface area contributed by atoms with Gasteiger partial charge in [-0.25, -0.2) is 18.2 Å². The molecule has 1 aliphatic heterocycles. The molecule has 1 unspecified atom stereocenters. The number of pyridine rings is 1. The molecule has 4 heterocycles. The van der Waals surface area contributed by atoms with Crippen LogP contribution in [-0.4, -0.2) is 43.1 Å². The predicted molar refractivity (Wildman–Crippen MR) is 153 cm³/mol. The summed E-state index contributed by atoms with van der Waals surface area (Å²) in [5.74, 6) is -1.15. The lowest BCUT2D eigenvalue weighted by Gasteiger charge is -2.23. The molecule has 222 valence electrons. The number of nitrogen functional groups attached to an aromatic ring is 1. The van der Waals surface area contributed by atoms with Crippen molar-refractivity contribution in [3.8, 4) is 11.3 Å². The third-order valence-corrected chi connectivity index (χ3v) is 8.34. The Labute approximate surface area is 249 Å². The Bertz CT molecular complexity index is 1800. The van der Waals surface area contributed by atoms with E-state index in [0.29, 0.717) is 35.2 Å². The van der Waals surface area contributed by atoms with Crippen LogP contribution in [0, 0.1) is 31.5 Å². The average Bonchev–Trinajstić information content (AvgIpc) is 3.47. The van der Waals surface area contributed by atoms with E-state index in [4.69, 9.17) is 17.3 Å². The maximum absolute atomic E-state index is 14.8. The van der Waals surface area contributed by atoms with Crippen LogP contribution < -0.4 is 16.0 Å². The summed E-state index contributed by atoms with van der Waals surface area (Å²) in [6.45, 7) is 5.88. The minimum absolute atomic E-state index is 0.111. The van der Waals surface area contributed by atoms with Gasteiger partial charge in [-0.05, 0) is 44.7 Å². The number of fused-ring (bicyclic) bond motifs is 1. The maximum Gasteiger partial charge on any atom is 0.276 e. The van der Waals surface area contributed by atoms with Gasteiger partial charge in [0.2, 0.25) is 5.91 Å². The fraction of sp³-hybridized carbons (Fsp3) is 0.310. The Morgan fingerprint density at radius 2 is 1.95 bits per heavy atom. The Kier molecular flexibility index (Phi) is 7.07. The Balaban J connectivity index is 1.22. The number of aryl methyl sites for hydroxylation is 1. The van der Waals surface area contributed by atoms with Crippen LogP contribution in [-0.2, 0) is 4.79 Å². The lowest BCUT2D eigenvalue weighted by molar-refractivity contribution is -0.118. The summed E-state index contributed by atoms with van der Waals surface area (Å²) in [5.41, 5.74) is 7.82. The van der Waals surface area contributed by atoms with Gasteiger partial charge in [-0.2, -0.15) is 5.10 Å². The molecule has 4 aromatic rings. The van der Waals surface area contributed by atoms with E-state index in [-0.39, 0.29) is 33.9 Å². The van der Waals surface area contributed by atoms with E-state index in [2.05, 4.69) is 25.4 Å². The van der Waals surface area contributed by atoms with E-state index in [0.717, 1.165) is 30.3 Å². The Hall–Kier alpha value is -4.52. The fourth-order valence-corrected chi connectivity index (χ4v) is 5.61. The maximum atomic E-state index is 14.8. The van der Waals surface area contributed by atoms with Gasteiger partial charge in [0.25, 0.3) is 12.3 Å². The Morgan fingerprint density at radius 1 is 1.19 bits per heavy atom. The third kappa shape index (κ3) is 4.97. The zero-order chi connectivity index (χ0) is 30.7. The van der Waals surface area contributed by atoms with Crippen LogP contribution in [0.2, 0.25) is 5.02 Å². The van der Waals surface area contributed by atoms with Gasteiger partial charge in [0, 0.05) is 29.8 Å². The number of halogens is 4. The summed E-state index contributed by atoms with van der Waals surface area (Å²) >= 11 is 5.84. The number of piperidine rings is 1.